The fourth-order valence-electron chi connectivity index (χ4n) is 4.56. The van der Waals surface area contributed by atoms with E-state index in [0.717, 1.165) is 71.0 Å². The number of amides is 2. The van der Waals surface area contributed by atoms with Crippen molar-refractivity contribution in [3.8, 4) is 0 Å². The third kappa shape index (κ3) is 4.29. The van der Waals surface area contributed by atoms with E-state index in [4.69, 9.17) is 0 Å². The zero-order chi connectivity index (χ0) is 17.0. The average molecular weight is 336 g/mol. The van der Waals surface area contributed by atoms with Gasteiger partial charge in [0.15, 0.2) is 0 Å². The molecule has 5 heteroatoms. The van der Waals surface area contributed by atoms with Crippen LogP contribution in [0.2, 0.25) is 0 Å². The molecule has 0 aromatic carbocycles. The van der Waals surface area contributed by atoms with E-state index in [1.807, 2.05) is 9.80 Å². The molecule has 0 bridgehead atoms. The van der Waals surface area contributed by atoms with Gasteiger partial charge in [0.05, 0.1) is 17.9 Å². The Hall–Kier alpha value is -1.10. The Morgan fingerprint density at radius 3 is 2.17 bits per heavy atom. The van der Waals surface area contributed by atoms with E-state index in [2.05, 4.69) is 0 Å². The quantitative estimate of drug-likeness (QED) is 0.860. The smallest absolute Gasteiger partial charge is 0.227 e. The molecule has 1 aliphatic carbocycles. The van der Waals surface area contributed by atoms with E-state index in [1.165, 1.54) is 12.8 Å². The molecule has 2 amide bonds. The van der Waals surface area contributed by atoms with Crippen LogP contribution < -0.4 is 0 Å². The SMILES string of the molecule is O=C(CC1(O)CCCC1)N1CCC[C@@H](C(=O)N2CCCCCC2)C1. The summed E-state index contributed by atoms with van der Waals surface area (Å²) in [6, 6.07) is 0. The predicted molar refractivity (Wildman–Crippen MR) is 92.4 cm³/mol. The van der Waals surface area contributed by atoms with Crippen molar-refractivity contribution < 1.29 is 14.7 Å². The molecule has 0 aromatic rings. The summed E-state index contributed by atoms with van der Waals surface area (Å²) in [5.74, 6) is 0.237. The Morgan fingerprint density at radius 2 is 1.50 bits per heavy atom. The van der Waals surface area contributed by atoms with Gasteiger partial charge in [-0.15, -0.1) is 0 Å². The molecule has 1 N–H and O–H groups in total. The van der Waals surface area contributed by atoms with Gasteiger partial charge >= 0.3 is 0 Å². The second-order valence-corrected chi connectivity index (χ2v) is 8.03. The minimum absolute atomic E-state index is 0.0350. The van der Waals surface area contributed by atoms with Crippen molar-refractivity contribution in [1.29, 1.82) is 0 Å². The number of carbonyl (C=O) groups excluding carboxylic acids is 2. The highest BCUT2D eigenvalue weighted by Crippen LogP contribution is 2.33. The van der Waals surface area contributed by atoms with Crippen LogP contribution >= 0.6 is 0 Å². The summed E-state index contributed by atoms with van der Waals surface area (Å²) in [5.41, 5.74) is -0.793. The molecule has 0 aromatic heterocycles. The van der Waals surface area contributed by atoms with Crippen molar-refractivity contribution in [2.75, 3.05) is 26.2 Å². The van der Waals surface area contributed by atoms with Gasteiger partial charge in [0, 0.05) is 26.2 Å². The lowest BCUT2D eigenvalue weighted by atomic mass is 9.93. The molecule has 0 radical (unpaired) electrons. The lowest BCUT2D eigenvalue weighted by Gasteiger charge is -2.36. The number of piperidine rings is 1. The Bertz CT molecular complexity index is 452. The number of rotatable bonds is 3. The topological polar surface area (TPSA) is 60.9 Å². The van der Waals surface area contributed by atoms with E-state index in [1.54, 1.807) is 0 Å². The van der Waals surface area contributed by atoms with Gasteiger partial charge in [-0.05, 0) is 38.5 Å². The third-order valence-corrected chi connectivity index (χ3v) is 6.06. The summed E-state index contributed by atoms with van der Waals surface area (Å²) < 4.78 is 0. The van der Waals surface area contributed by atoms with Crippen molar-refractivity contribution in [3.05, 3.63) is 0 Å². The lowest BCUT2D eigenvalue weighted by molar-refractivity contribution is -0.143. The minimum Gasteiger partial charge on any atom is -0.389 e. The Labute approximate surface area is 145 Å². The van der Waals surface area contributed by atoms with Crippen molar-refractivity contribution in [2.24, 2.45) is 5.92 Å². The molecule has 0 unspecified atom stereocenters. The number of carbonyl (C=O) groups is 2. The van der Waals surface area contributed by atoms with Crippen molar-refractivity contribution in [2.45, 2.75) is 76.2 Å². The normalized spacial score (nSPS) is 27.8. The first-order valence-electron chi connectivity index (χ1n) is 9.86. The first kappa shape index (κ1) is 17.7. The second-order valence-electron chi connectivity index (χ2n) is 8.03. The average Bonchev–Trinajstić information content (AvgIpc) is 2.85. The standard InChI is InChI=1S/C19H32N2O3/c22-17(14-19(24)9-3-4-10-19)21-13-7-8-16(15-21)18(23)20-11-5-1-2-6-12-20/h16,24H,1-15H2/t16-/m1/s1. The van der Waals surface area contributed by atoms with Crippen LogP contribution in [0.3, 0.4) is 0 Å². The highest BCUT2D eigenvalue weighted by Gasteiger charge is 2.37. The molecule has 136 valence electrons. The molecule has 5 nitrogen and oxygen atoms in total. The summed E-state index contributed by atoms with van der Waals surface area (Å²) in [6.45, 7) is 3.04. The van der Waals surface area contributed by atoms with Gasteiger partial charge in [-0.25, -0.2) is 0 Å². The summed E-state index contributed by atoms with van der Waals surface area (Å²) in [7, 11) is 0. The number of hydrogen-bond donors (Lipinski definition) is 1. The molecule has 2 saturated heterocycles. The zero-order valence-corrected chi connectivity index (χ0v) is 14.8. The van der Waals surface area contributed by atoms with Crippen molar-refractivity contribution in [1.82, 2.24) is 9.80 Å². The number of likely N-dealkylation sites (tertiary alicyclic amines) is 2. The number of nitrogens with zero attached hydrogens (tertiary/aromatic N) is 2. The van der Waals surface area contributed by atoms with Crippen LogP contribution in [-0.2, 0) is 9.59 Å². The predicted octanol–water partition coefficient (Wildman–Crippen LogP) is 2.32. The molecule has 3 aliphatic rings. The Morgan fingerprint density at radius 1 is 0.875 bits per heavy atom. The fourth-order valence-corrected chi connectivity index (χ4v) is 4.56. The maximum atomic E-state index is 12.8. The number of aliphatic hydroxyl groups is 1. The first-order chi connectivity index (χ1) is 11.6. The summed E-state index contributed by atoms with van der Waals surface area (Å²) in [4.78, 5) is 29.3. The molecule has 3 rings (SSSR count). The van der Waals surface area contributed by atoms with Gasteiger partial charge in [0.25, 0.3) is 0 Å². The van der Waals surface area contributed by atoms with Gasteiger partial charge in [-0.2, -0.15) is 0 Å². The van der Waals surface area contributed by atoms with Gasteiger partial charge in [-0.1, -0.05) is 25.7 Å². The maximum Gasteiger partial charge on any atom is 0.227 e. The monoisotopic (exact) mass is 336 g/mol. The molecule has 0 spiro atoms. The molecule has 1 saturated carbocycles. The van der Waals surface area contributed by atoms with E-state index >= 15 is 0 Å². The number of hydrogen-bond acceptors (Lipinski definition) is 3. The minimum atomic E-state index is -0.793. The van der Waals surface area contributed by atoms with E-state index in [0.29, 0.717) is 6.54 Å². The van der Waals surface area contributed by atoms with Gasteiger partial charge in [0.1, 0.15) is 0 Å². The lowest BCUT2D eigenvalue weighted by Crippen LogP contribution is -2.48. The van der Waals surface area contributed by atoms with Crippen LogP contribution in [0, 0.1) is 5.92 Å². The third-order valence-electron chi connectivity index (χ3n) is 6.06. The van der Waals surface area contributed by atoms with Crippen LogP contribution in [-0.4, -0.2) is 58.5 Å². The fraction of sp³-hybridized carbons (Fsp3) is 0.895. The Kier molecular flexibility index (Phi) is 5.80. The van der Waals surface area contributed by atoms with Crippen LogP contribution in [0.15, 0.2) is 0 Å². The van der Waals surface area contributed by atoms with Crippen molar-refractivity contribution in [3.63, 3.8) is 0 Å². The first-order valence-corrected chi connectivity index (χ1v) is 9.86. The van der Waals surface area contributed by atoms with E-state index < -0.39 is 5.60 Å². The second kappa shape index (κ2) is 7.85. The van der Waals surface area contributed by atoms with Gasteiger partial charge in [-0.3, -0.25) is 9.59 Å². The van der Waals surface area contributed by atoms with E-state index in [-0.39, 0.29) is 24.2 Å². The molecule has 1 atom stereocenters. The van der Waals surface area contributed by atoms with E-state index in [9.17, 15) is 14.7 Å². The van der Waals surface area contributed by atoms with Crippen LogP contribution in [0.4, 0.5) is 0 Å². The Balaban J connectivity index is 1.55. The summed E-state index contributed by atoms with van der Waals surface area (Å²) in [5, 5.41) is 10.5. The molecule has 2 heterocycles. The zero-order valence-electron chi connectivity index (χ0n) is 14.8. The van der Waals surface area contributed by atoms with Crippen LogP contribution in [0.25, 0.3) is 0 Å². The molecule has 3 fully saturated rings. The van der Waals surface area contributed by atoms with Crippen molar-refractivity contribution >= 4 is 11.8 Å². The summed E-state index contributed by atoms with van der Waals surface area (Å²) in [6.07, 6.45) is 10.2. The van der Waals surface area contributed by atoms with Gasteiger partial charge < -0.3 is 14.9 Å². The molecular weight excluding hydrogens is 304 g/mol. The van der Waals surface area contributed by atoms with Crippen LogP contribution in [0.1, 0.15) is 70.6 Å². The maximum absolute atomic E-state index is 12.8. The highest BCUT2D eigenvalue weighted by atomic mass is 16.3. The largest absolute Gasteiger partial charge is 0.389 e. The molecule has 24 heavy (non-hydrogen) atoms. The molecule has 2 aliphatic heterocycles. The van der Waals surface area contributed by atoms with Crippen LogP contribution in [0.5, 0.6) is 0 Å². The highest BCUT2D eigenvalue weighted by molar-refractivity contribution is 5.82. The van der Waals surface area contributed by atoms with Gasteiger partial charge in [0.2, 0.25) is 11.8 Å². The molecular formula is C19H32N2O3. The summed E-state index contributed by atoms with van der Waals surface area (Å²) >= 11 is 0.